The van der Waals surface area contributed by atoms with Crippen molar-refractivity contribution in [3.8, 4) is 0 Å². The van der Waals surface area contributed by atoms with Gasteiger partial charge in [0.2, 0.25) is 5.91 Å². The summed E-state index contributed by atoms with van der Waals surface area (Å²) in [5.74, 6) is 0.214. The molecule has 1 saturated carbocycles. The third-order valence-corrected chi connectivity index (χ3v) is 7.40. The number of aryl methyl sites for hydroxylation is 1. The minimum atomic E-state index is -0.557. The van der Waals surface area contributed by atoms with Crippen molar-refractivity contribution in [1.29, 1.82) is 0 Å². The Morgan fingerprint density at radius 1 is 1.10 bits per heavy atom. The highest BCUT2D eigenvalue weighted by Gasteiger charge is 2.37. The van der Waals surface area contributed by atoms with Crippen LogP contribution in [0.4, 0.5) is 5.69 Å². The Balaban J connectivity index is 1.54. The van der Waals surface area contributed by atoms with E-state index in [4.69, 9.17) is 34.8 Å². The number of carbonyl (C=O) groups is 1. The average molecular weight is 481 g/mol. The van der Waals surface area contributed by atoms with Crippen molar-refractivity contribution in [1.82, 2.24) is 5.32 Å². The molecular weight excluding hydrogens is 457 g/mol. The van der Waals surface area contributed by atoms with Crippen LogP contribution in [0.3, 0.4) is 0 Å². The molecule has 5 nitrogen and oxygen atoms in total. The maximum absolute atomic E-state index is 12.0. The molecule has 4 rings (SSSR count). The number of nitroso groups, excluding NO2 is 1. The second-order valence-corrected chi connectivity index (χ2v) is 9.40. The zero-order chi connectivity index (χ0) is 22.1. The first-order valence-electron chi connectivity index (χ1n) is 10.6. The highest BCUT2D eigenvalue weighted by atomic mass is 35.5. The van der Waals surface area contributed by atoms with Crippen LogP contribution in [0, 0.1) is 10.8 Å². The van der Waals surface area contributed by atoms with Gasteiger partial charge in [0.05, 0.1) is 15.1 Å². The van der Waals surface area contributed by atoms with Crippen molar-refractivity contribution >= 4 is 46.4 Å². The Morgan fingerprint density at radius 2 is 1.81 bits per heavy atom. The molecule has 1 saturated heterocycles. The molecule has 2 aliphatic rings. The van der Waals surface area contributed by atoms with Crippen molar-refractivity contribution < 1.29 is 4.79 Å². The van der Waals surface area contributed by atoms with Gasteiger partial charge in [-0.05, 0) is 71.8 Å². The molecule has 0 aromatic heterocycles. The second kappa shape index (κ2) is 9.35. The van der Waals surface area contributed by atoms with Crippen LogP contribution in [0.5, 0.6) is 0 Å². The van der Waals surface area contributed by atoms with E-state index >= 15 is 0 Å². The largest absolute Gasteiger partial charge is 0.352 e. The minimum absolute atomic E-state index is 0.118. The summed E-state index contributed by atoms with van der Waals surface area (Å²) in [5.41, 5.74) is 4.07. The molecule has 2 atom stereocenters. The summed E-state index contributed by atoms with van der Waals surface area (Å²) >= 11 is 18.5. The molecule has 0 bridgehead atoms. The SMILES string of the molecule is CCc1cc(N2CC[C@H](c3cc(Cl)c(Cl)c(Cl)c3)[C@@H]2N=O)ccc1CNC(=O)C1CC1. The number of amides is 1. The number of carbonyl (C=O) groups excluding carboxylic acids is 1. The zero-order valence-corrected chi connectivity index (χ0v) is 19.5. The predicted octanol–water partition coefficient (Wildman–Crippen LogP) is 6.32. The molecule has 8 heteroatoms. The van der Waals surface area contributed by atoms with Crippen molar-refractivity contribution in [2.24, 2.45) is 11.1 Å². The standard InChI is InChI=1S/C23H24Cl3N3O2/c1-2-13-9-17(6-5-15(13)12-27-23(30)14-3-4-14)29-8-7-18(22(29)28-31)16-10-19(24)21(26)20(25)11-16/h5-6,9-11,14,18,22H,2-4,7-8,12H2,1H3,(H,27,30)/t18-,22-/m1/s1. The lowest BCUT2D eigenvalue weighted by atomic mass is 9.96. The van der Waals surface area contributed by atoms with E-state index in [0.717, 1.165) is 48.1 Å². The quantitative estimate of drug-likeness (QED) is 0.372. The third-order valence-electron chi connectivity index (χ3n) is 6.21. The van der Waals surface area contributed by atoms with Crippen LogP contribution in [0.1, 0.15) is 48.8 Å². The van der Waals surface area contributed by atoms with Gasteiger partial charge in [-0.1, -0.05) is 47.8 Å². The molecule has 1 amide bonds. The second-order valence-electron chi connectivity index (χ2n) is 8.20. The average Bonchev–Trinajstić information content (AvgIpc) is 3.54. The molecule has 31 heavy (non-hydrogen) atoms. The Hall–Kier alpha value is -1.82. The molecule has 164 valence electrons. The first-order valence-corrected chi connectivity index (χ1v) is 11.7. The Labute approximate surface area is 197 Å². The number of hydrogen-bond acceptors (Lipinski definition) is 4. The Bertz CT molecular complexity index is 987. The van der Waals surface area contributed by atoms with Crippen molar-refractivity contribution in [2.45, 2.75) is 51.2 Å². The molecule has 2 fully saturated rings. The summed E-state index contributed by atoms with van der Waals surface area (Å²) < 4.78 is 0. The van der Waals surface area contributed by atoms with Crippen LogP contribution in [-0.4, -0.2) is 18.6 Å². The van der Waals surface area contributed by atoms with E-state index in [1.165, 1.54) is 0 Å². The highest BCUT2D eigenvalue weighted by molar-refractivity contribution is 6.48. The van der Waals surface area contributed by atoms with Crippen LogP contribution in [0.25, 0.3) is 0 Å². The van der Waals surface area contributed by atoms with Gasteiger partial charge in [0.1, 0.15) is 0 Å². The van der Waals surface area contributed by atoms with Gasteiger partial charge in [-0.3, -0.25) is 4.79 Å². The van der Waals surface area contributed by atoms with Crippen LogP contribution in [0.2, 0.25) is 15.1 Å². The normalized spacial score (nSPS) is 20.7. The molecule has 2 aromatic rings. The van der Waals surface area contributed by atoms with Gasteiger partial charge in [-0.15, -0.1) is 4.91 Å². The number of rotatable bonds is 7. The minimum Gasteiger partial charge on any atom is -0.352 e. The molecule has 1 aliphatic heterocycles. The van der Waals surface area contributed by atoms with Gasteiger partial charge in [-0.2, -0.15) is 0 Å². The summed E-state index contributed by atoms with van der Waals surface area (Å²) in [6.45, 7) is 3.31. The van der Waals surface area contributed by atoms with Crippen molar-refractivity contribution in [3.05, 3.63) is 67.0 Å². The summed E-state index contributed by atoms with van der Waals surface area (Å²) in [7, 11) is 0. The van der Waals surface area contributed by atoms with Crippen LogP contribution >= 0.6 is 34.8 Å². The molecule has 0 radical (unpaired) electrons. The van der Waals surface area contributed by atoms with Crippen molar-refractivity contribution in [2.75, 3.05) is 11.4 Å². The number of hydrogen-bond donors (Lipinski definition) is 1. The van der Waals surface area contributed by atoms with Gasteiger partial charge in [0, 0.05) is 30.6 Å². The first-order chi connectivity index (χ1) is 14.9. The Morgan fingerprint density at radius 3 is 2.42 bits per heavy atom. The highest BCUT2D eigenvalue weighted by Crippen LogP contribution is 2.41. The van der Waals surface area contributed by atoms with E-state index in [-0.39, 0.29) is 17.7 Å². The van der Waals surface area contributed by atoms with Gasteiger partial charge in [-0.25, -0.2) is 0 Å². The molecule has 1 aliphatic carbocycles. The molecule has 1 N–H and O–H groups in total. The smallest absolute Gasteiger partial charge is 0.223 e. The lowest BCUT2D eigenvalue weighted by molar-refractivity contribution is -0.122. The fourth-order valence-corrected chi connectivity index (χ4v) is 4.89. The molecule has 0 spiro atoms. The summed E-state index contributed by atoms with van der Waals surface area (Å²) in [5, 5.41) is 7.54. The zero-order valence-electron chi connectivity index (χ0n) is 17.2. The number of anilines is 1. The lowest BCUT2D eigenvalue weighted by Crippen LogP contribution is -2.30. The monoisotopic (exact) mass is 479 g/mol. The van der Waals surface area contributed by atoms with Crippen LogP contribution in [-0.2, 0) is 17.8 Å². The maximum atomic E-state index is 12.0. The first kappa shape index (κ1) is 22.4. The third kappa shape index (κ3) is 4.69. The summed E-state index contributed by atoms with van der Waals surface area (Å²) in [6.07, 6.45) is 3.02. The number of benzene rings is 2. The van der Waals surface area contributed by atoms with Crippen molar-refractivity contribution in [3.63, 3.8) is 0 Å². The predicted molar refractivity (Wildman–Crippen MR) is 126 cm³/mol. The Kier molecular flexibility index (Phi) is 6.75. The van der Waals surface area contributed by atoms with Gasteiger partial charge in [0.15, 0.2) is 6.17 Å². The fraction of sp³-hybridized carbons (Fsp3) is 0.435. The van der Waals surface area contributed by atoms with E-state index in [0.29, 0.717) is 28.2 Å². The number of nitrogens with zero attached hydrogens (tertiary/aromatic N) is 2. The van der Waals surface area contributed by atoms with Crippen LogP contribution in [0.15, 0.2) is 35.5 Å². The van der Waals surface area contributed by atoms with Gasteiger partial charge >= 0.3 is 0 Å². The lowest BCUT2D eigenvalue weighted by Gasteiger charge is -2.26. The van der Waals surface area contributed by atoms with Crippen LogP contribution < -0.4 is 10.2 Å². The maximum Gasteiger partial charge on any atom is 0.223 e. The molecule has 0 unspecified atom stereocenters. The molecular formula is C23H24Cl3N3O2. The van der Waals surface area contributed by atoms with E-state index in [1.807, 2.05) is 17.0 Å². The van der Waals surface area contributed by atoms with E-state index in [9.17, 15) is 9.70 Å². The summed E-state index contributed by atoms with van der Waals surface area (Å²) in [4.78, 5) is 25.9. The topological polar surface area (TPSA) is 61.8 Å². The van der Waals surface area contributed by atoms with E-state index < -0.39 is 6.17 Å². The molecule has 1 heterocycles. The number of halogens is 3. The number of nitrogens with one attached hydrogen (secondary N) is 1. The molecule has 2 aromatic carbocycles. The fourth-order valence-electron chi connectivity index (χ4n) is 4.28. The van der Waals surface area contributed by atoms with E-state index in [1.54, 1.807) is 12.1 Å². The van der Waals surface area contributed by atoms with Gasteiger partial charge in [0.25, 0.3) is 0 Å². The van der Waals surface area contributed by atoms with E-state index in [2.05, 4.69) is 23.5 Å². The van der Waals surface area contributed by atoms with Gasteiger partial charge < -0.3 is 10.2 Å². The summed E-state index contributed by atoms with van der Waals surface area (Å²) in [6, 6.07) is 9.67.